The third kappa shape index (κ3) is 5.42. The fourth-order valence-electron chi connectivity index (χ4n) is 1.46. The average Bonchev–Trinajstić information content (AvgIpc) is 2.37. The number of methoxy groups -OCH3 is 1. The van der Waals surface area contributed by atoms with Crippen molar-refractivity contribution in [2.45, 2.75) is 13.0 Å². The van der Waals surface area contributed by atoms with Gasteiger partial charge in [-0.15, -0.1) is 0 Å². The largest absolute Gasteiger partial charge is 0.493 e. The van der Waals surface area contributed by atoms with Crippen molar-refractivity contribution in [2.75, 3.05) is 33.5 Å². The first-order chi connectivity index (χ1) is 8.77. The topological polar surface area (TPSA) is 30.5 Å². The van der Waals surface area contributed by atoms with Crippen LogP contribution in [0.5, 0.6) is 5.75 Å². The maximum Gasteiger partial charge on any atom is 0.123 e. The molecule has 0 atom stereocenters. The lowest BCUT2D eigenvalue weighted by atomic mass is 10.2. The molecule has 0 aliphatic carbocycles. The number of hydrogen-bond donors (Lipinski definition) is 1. The van der Waals surface area contributed by atoms with E-state index in [0.29, 0.717) is 38.5 Å². The number of rotatable bonds is 9. The second-order valence-electron chi connectivity index (χ2n) is 3.81. The summed E-state index contributed by atoms with van der Waals surface area (Å²) in [5.41, 5.74) is 0.727. The monoisotopic (exact) mass is 259 g/mol. The summed E-state index contributed by atoms with van der Waals surface area (Å²) >= 11 is 0. The molecule has 0 aromatic heterocycles. The smallest absolute Gasteiger partial charge is 0.123 e. The van der Waals surface area contributed by atoms with Crippen molar-refractivity contribution in [3.63, 3.8) is 0 Å². The lowest BCUT2D eigenvalue weighted by molar-refractivity contribution is 0.199. The highest BCUT2D eigenvalue weighted by Gasteiger charge is 2.05. The Morgan fingerprint density at radius 2 is 2.11 bits per heavy atom. The van der Waals surface area contributed by atoms with Crippen LogP contribution >= 0.6 is 0 Å². The molecule has 0 bridgehead atoms. The Bertz CT molecular complexity index is 348. The summed E-state index contributed by atoms with van der Waals surface area (Å²) < 4.78 is 35.4. The number of hydrogen-bond acceptors (Lipinski definition) is 3. The zero-order chi connectivity index (χ0) is 13.2. The Labute approximate surface area is 106 Å². The van der Waals surface area contributed by atoms with Gasteiger partial charge in [0, 0.05) is 32.2 Å². The highest BCUT2D eigenvalue weighted by Crippen LogP contribution is 2.19. The minimum atomic E-state index is -0.414. The van der Waals surface area contributed by atoms with Gasteiger partial charge in [0.15, 0.2) is 0 Å². The van der Waals surface area contributed by atoms with Gasteiger partial charge in [0.25, 0.3) is 0 Å². The van der Waals surface area contributed by atoms with Gasteiger partial charge in [0.2, 0.25) is 0 Å². The Morgan fingerprint density at radius 3 is 2.83 bits per heavy atom. The maximum atomic E-state index is 13.1. The van der Waals surface area contributed by atoms with E-state index in [-0.39, 0.29) is 5.82 Å². The van der Waals surface area contributed by atoms with E-state index in [1.807, 2.05) is 0 Å². The third-order valence-electron chi connectivity index (χ3n) is 2.36. The van der Waals surface area contributed by atoms with Crippen molar-refractivity contribution in [1.82, 2.24) is 5.32 Å². The summed E-state index contributed by atoms with van der Waals surface area (Å²) in [6, 6.07) is 4.33. The van der Waals surface area contributed by atoms with Gasteiger partial charge in [0.1, 0.15) is 11.6 Å². The van der Waals surface area contributed by atoms with Crippen molar-refractivity contribution in [1.29, 1.82) is 0 Å². The number of ether oxygens (including phenoxy) is 2. The van der Waals surface area contributed by atoms with E-state index in [2.05, 4.69) is 5.32 Å². The molecule has 0 spiro atoms. The quantitative estimate of drug-likeness (QED) is 0.690. The molecule has 0 saturated heterocycles. The molecule has 0 heterocycles. The minimum Gasteiger partial charge on any atom is -0.493 e. The second-order valence-corrected chi connectivity index (χ2v) is 3.81. The molecule has 0 aliphatic rings. The van der Waals surface area contributed by atoms with Crippen LogP contribution in [0.4, 0.5) is 8.78 Å². The Morgan fingerprint density at radius 1 is 1.28 bits per heavy atom. The molecule has 0 amide bonds. The average molecular weight is 259 g/mol. The predicted molar refractivity (Wildman–Crippen MR) is 66.1 cm³/mol. The predicted octanol–water partition coefficient (Wildman–Crippen LogP) is 2.30. The molecule has 0 unspecified atom stereocenters. The highest BCUT2D eigenvalue weighted by atomic mass is 19.1. The van der Waals surface area contributed by atoms with E-state index in [1.54, 1.807) is 13.2 Å². The molecule has 1 aromatic rings. The Balaban J connectivity index is 2.53. The molecule has 0 saturated carbocycles. The molecule has 0 radical (unpaired) electrons. The van der Waals surface area contributed by atoms with E-state index in [0.717, 1.165) is 5.56 Å². The van der Waals surface area contributed by atoms with Crippen molar-refractivity contribution >= 4 is 0 Å². The van der Waals surface area contributed by atoms with Gasteiger partial charge in [-0.05, 0) is 18.2 Å². The van der Waals surface area contributed by atoms with E-state index in [9.17, 15) is 8.78 Å². The van der Waals surface area contributed by atoms with Crippen LogP contribution in [0.15, 0.2) is 18.2 Å². The summed E-state index contributed by atoms with van der Waals surface area (Å²) in [4.78, 5) is 0. The first-order valence-corrected chi connectivity index (χ1v) is 5.94. The molecule has 3 nitrogen and oxygen atoms in total. The lowest BCUT2D eigenvalue weighted by Gasteiger charge is -2.12. The molecule has 0 aliphatic heterocycles. The van der Waals surface area contributed by atoms with Crippen LogP contribution < -0.4 is 10.1 Å². The Kier molecular flexibility index (Phi) is 7.29. The fraction of sp³-hybridized carbons (Fsp3) is 0.538. The number of benzene rings is 1. The van der Waals surface area contributed by atoms with E-state index >= 15 is 0 Å². The SMILES string of the molecule is COCCNCc1cc(F)ccc1OCCCF. The van der Waals surface area contributed by atoms with Crippen LogP contribution in [0, 0.1) is 5.82 Å². The van der Waals surface area contributed by atoms with E-state index in [4.69, 9.17) is 9.47 Å². The first-order valence-electron chi connectivity index (χ1n) is 5.94. The van der Waals surface area contributed by atoms with Crippen molar-refractivity contribution in [3.05, 3.63) is 29.6 Å². The molecule has 102 valence electrons. The van der Waals surface area contributed by atoms with Gasteiger partial charge in [-0.3, -0.25) is 4.39 Å². The van der Waals surface area contributed by atoms with E-state index < -0.39 is 6.67 Å². The third-order valence-corrected chi connectivity index (χ3v) is 2.36. The molecule has 1 aromatic carbocycles. The standard InChI is InChI=1S/C13H19F2NO2/c1-17-8-6-16-10-11-9-12(15)3-4-13(11)18-7-2-5-14/h3-4,9,16H,2,5-8,10H2,1H3. The van der Waals surface area contributed by atoms with Crippen molar-refractivity contribution in [2.24, 2.45) is 0 Å². The van der Waals surface area contributed by atoms with Crippen LogP contribution in [0.1, 0.15) is 12.0 Å². The van der Waals surface area contributed by atoms with Crippen LogP contribution in [-0.4, -0.2) is 33.5 Å². The zero-order valence-electron chi connectivity index (χ0n) is 10.5. The Hall–Kier alpha value is -1.20. The van der Waals surface area contributed by atoms with Crippen LogP contribution in [0.25, 0.3) is 0 Å². The molecule has 18 heavy (non-hydrogen) atoms. The van der Waals surface area contributed by atoms with Crippen LogP contribution in [-0.2, 0) is 11.3 Å². The van der Waals surface area contributed by atoms with Gasteiger partial charge in [-0.2, -0.15) is 0 Å². The maximum absolute atomic E-state index is 13.1. The molecule has 1 N–H and O–H groups in total. The molecule has 1 rings (SSSR count). The second kappa shape index (κ2) is 8.83. The number of nitrogens with one attached hydrogen (secondary N) is 1. The number of halogens is 2. The summed E-state index contributed by atoms with van der Waals surface area (Å²) in [5, 5.41) is 3.11. The highest BCUT2D eigenvalue weighted by molar-refractivity contribution is 5.33. The molecule has 5 heteroatoms. The summed E-state index contributed by atoms with van der Waals surface area (Å²) in [5.74, 6) is 0.283. The molecular weight excluding hydrogens is 240 g/mol. The summed E-state index contributed by atoms with van der Waals surface area (Å²) in [6.07, 6.45) is 0.341. The van der Waals surface area contributed by atoms with Gasteiger partial charge in [-0.1, -0.05) is 0 Å². The molecule has 0 fully saturated rings. The van der Waals surface area contributed by atoms with Crippen molar-refractivity contribution in [3.8, 4) is 5.75 Å². The molecular formula is C13H19F2NO2. The lowest BCUT2D eigenvalue weighted by Crippen LogP contribution is -2.19. The summed E-state index contributed by atoms with van der Waals surface area (Å²) in [7, 11) is 1.62. The van der Waals surface area contributed by atoms with Gasteiger partial charge >= 0.3 is 0 Å². The summed E-state index contributed by atoms with van der Waals surface area (Å²) in [6.45, 7) is 1.65. The zero-order valence-corrected chi connectivity index (χ0v) is 10.5. The first kappa shape index (κ1) is 14.9. The van der Waals surface area contributed by atoms with Gasteiger partial charge in [0.05, 0.1) is 19.9 Å². The van der Waals surface area contributed by atoms with Crippen LogP contribution in [0.2, 0.25) is 0 Å². The van der Waals surface area contributed by atoms with Crippen molar-refractivity contribution < 1.29 is 18.3 Å². The van der Waals surface area contributed by atoms with E-state index in [1.165, 1.54) is 12.1 Å². The normalized spacial score (nSPS) is 10.6. The van der Waals surface area contributed by atoms with Gasteiger partial charge < -0.3 is 14.8 Å². The minimum absolute atomic E-state index is 0.299. The van der Waals surface area contributed by atoms with Crippen LogP contribution in [0.3, 0.4) is 0 Å². The fourth-order valence-corrected chi connectivity index (χ4v) is 1.46. The van der Waals surface area contributed by atoms with Gasteiger partial charge in [-0.25, -0.2) is 4.39 Å². The number of alkyl halides is 1.